The van der Waals surface area contributed by atoms with E-state index in [9.17, 15) is 23.1 Å². The Morgan fingerprint density at radius 2 is 1.80 bits per heavy atom. The van der Waals surface area contributed by atoms with Gasteiger partial charge in [0.2, 0.25) is 0 Å². The molecule has 2 aromatic rings. The molecule has 268 valence electrons. The molecule has 3 unspecified atom stereocenters. The summed E-state index contributed by atoms with van der Waals surface area (Å²) >= 11 is 0. The molecule has 14 heteroatoms. The highest BCUT2D eigenvalue weighted by molar-refractivity contribution is 7.85. The summed E-state index contributed by atoms with van der Waals surface area (Å²) in [4.78, 5) is 26.9. The van der Waals surface area contributed by atoms with Crippen molar-refractivity contribution in [2.45, 2.75) is 70.4 Å². The molecule has 0 amide bonds. The molecule has 1 N–H and O–H groups in total. The van der Waals surface area contributed by atoms with Gasteiger partial charge in [-0.3, -0.25) is 4.18 Å². The smallest absolute Gasteiger partial charge is 0.342 e. The van der Waals surface area contributed by atoms with Crippen molar-refractivity contribution in [2.24, 2.45) is 5.92 Å². The number of cyclic esters (lactones) is 1. The topological polar surface area (TPSA) is 162 Å². The summed E-state index contributed by atoms with van der Waals surface area (Å²) in [6, 6.07) is 11.7. The Kier molecular flexibility index (Phi) is 13.0. The van der Waals surface area contributed by atoms with Gasteiger partial charge in [0.15, 0.2) is 12.6 Å². The van der Waals surface area contributed by atoms with E-state index < -0.39 is 65.0 Å². The Hall–Kier alpha value is -3.79. The Labute approximate surface area is 286 Å². The van der Waals surface area contributed by atoms with Gasteiger partial charge < -0.3 is 38.3 Å². The van der Waals surface area contributed by atoms with Crippen molar-refractivity contribution in [1.29, 1.82) is 0 Å². The Morgan fingerprint density at radius 1 is 1.06 bits per heavy atom. The second-order valence-corrected chi connectivity index (χ2v) is 13.9. The van der Waals surface area contributed by atoms with Gasteiger partial charge in [0.25, 0.3) is 10.1 Å². The SMILES string of the molecule is COCOc1cc(OCC(O)COS(C)(=O)=O)cc2c1C(=O)O[C@@H](C)[C@H](C)/C=C\C(OC(=O)c1ccccc1)C1OC(C)(C)O[C@H]1C/C=C/2. The number of ether oxygens (including phenoxy) is 7. The van der Waals surface area contributed by atoms with Crippen LogP contribution in [0.3, 0.4) is 0 Å². The number of aliphatic hydroxyl groups is 1. The molecule has 0 bridgehead atoms. The first-order chi connectivity index (χ1) is 23.2. The molecule has 0 spiro atoms. The van der Waals surface area contributed by atoms with Crippen LogP contribution in [0.4, 0.5) is 0 Å². The van der Waals surface area contributed by atoms with Crippen molar-refractivity contribution in [3.8, 4) is 11.5 Å². The van der Waals surface area contributed by atoms with E-state index in [1.165, 1.54) is 13.2 Å². The highest BCUT2D eigenvalue weighted by Crippen LogP contribution is 2.36. The summed E-state index contributed by atoms with van der Waals surface area (Å²) < 4.78 is 68.3. The zero-order valence-corrected chi connectivity index (χ0v) is 29.2. The number of carbonyl (C=O) groups excluding carboxylic acids is 2. The maximum Gasteiger partial charge on any atom is 0.342 e. The summed E-state index contributed by atoms with van der Waals surface area (Å²) in [5, 5.41) is 10.2. The van der Waals surface area contributed by atoms with Crippen LogP contribution in [0.2, 0.25) is 0 Å². The number of rotatable bonds is 11. The lowest BCUT2D eigenvalue weighted by atomic mass is 9.98. The number of methoxy groups -OCH3 is 1. The summed E-state index contributed by atoms with van der Waals surface area (Å²) in [5.74, 6) is -2.19. The molecule has 0 radical (unpaired) electrons. The quantitative estimate of drug-likeness (QED) is 0.153. The van der Waals surface area contributed by atoms with Crippen LogP contribution in [-0.2, 0) is 38.0 Å². The number of fused-ring (bicyclic) bond motifs is 2. The highest BCUT2D eigenvalue weighted by Gasteiger charge is 2.45. The van der Waals surface area contributed by atoms with E-state index in [1.807, 2.05) is 19.1 Å². The van der Waals surface area contributed by atoms with E-state index in [4.69, 9.17) is 33.2 Å². The number of aliphatic hydroxyl groups excluding tert-OH is 1. The molecule has 2 aliphatic rings. The summed E-state index contributed by atoms with van der Waals surface area (Å²) in [5.41, 5.74) is 0.860. The van der Waals surface area contributed by atoms with Crippen molar-refractivity contribution >= 4 is 28.1 Å². The maximum atomic E-state index is 13.7. The molecule has 1 saturated heterocycles. The average Bonchev–Trinajstić information content (AvgIpc) is 3.36. The van der Waals surface area contributed by atoms with Gasteiger partial charge in [-0.25, -0.2) is 9.59 Å². The summed E-state index contributed by atoms with van der Waals surface area (Å²) in [6.07, 6.45) is 4.23. The van der Waals surface area contributed by atoms with E-state index in [0.717, 1.165) is 6.26 Å². The lowest BCUT2D eigenvalue weighted by Crippen LogP contribution is -2.37. The van der Waals surface area contributed by atoms with Gasteiger partial charge in [0.05, 0.1) is 24.5 Å². The third-order valence-electron chi connectivity index (χ3n) is 7.66. The van der Waals surface area contributed by atoms with Crippen molar-refractivity contribution in [3.05, 3.63) is 77.4 Å². The predicted octanol–water partition coefficient (Wildman–Crippen LogP) is 4.29. The Bertz CT molecular complexity index is 1600. The van der Waals surface area contributed by atoms with Crippen LogP contribution in [0, 0.1) is 5.92 Å². The average molecular weight is 705 g/mol. The van der Waals surface area contributed by atoms with Gasteiger partial charge in [-0.2, -0.15) is 8.42 Å². The third-order valence-corrected chi connectivity index (χ3v) is 8.23. The molecule has 13 nitrogen and oxygen atoms in total. The van der Waals surface area contributed by atoms with E-state index in [2.05, 4.69) is 4.18 Å². The summed E-state index contributed by atoms with van der Waals surface area (Å²) in [6.45, 7) is 6.15. The Balaban J connectivity index is 1.70. The van der Waals surface area contributed by atoms with Gasteiger partial charge in [-0.1, -0.05) is 43.4 Å². The standard InChI is InChI=1S/C35H44O13S/c1-22-15-16-28(46-33(37)24-11-8-7-9-12-24)32-29(47-35(3,4)48-32)14-10-13-25-17-27(42-19-26(36)20-44-49(6,39)40)18-30(43-21-41-5)31(25)34(38)45-23(22)2/h7-13,15-18,22-23,26,28-29,32,36H,14,19-21H2,1-6H3/b13-10+,16-15-/t22-,23+,26?,28?,29+,32?/m1/s1. The van der Waals surface area contributed by atoms with Crippen molar-refractivity contribution < 1.29 is 60.5 Å². The van der Waals surface area contributed by atoms with Crippen molar-refractivity contribution in [2.75, 3.05) is 33.4 Å². The van der Waals surface area contributed by atoms with Gasteiger partial charge in [0.1, 0.15) is 48.1 Å². The number of benzene rings is 2. The third kappa shape index (κ3) is 11.1. The fraction of sp³-hybridized carbons (Fsp3) is 0.486. The molecule has 0 aromatic heterocycles. The lowest BCUT2D eigenvalue weighted by molar-refractivity contribution is -0.152. The molecule has 2 aliphatic heterocycles. The minimum atomic E-state index is -3.76. The van der Waals surface area contributed by atoms with Crippen LogP contribution < -0.4 is 9.47 Å². The number of hydrogen-bond acceptors (Lipinski definition) is 13. The fourth-order valence-electron chi connectivity index (χ4n) is 5.13. The van der Waals surface area contributed by atoms with Crippen LogP contribution >= 0.6 is 0 Å². The first-order valence-corrected chi connectivity index (χ1v) is 17.6. The minimum absolute atomic E-state index is 0.0979. The maximum absolute atomic E-state index is 13.7. The zero-order valence-electron chi connectivity index (χ0n) is 28.4. The van der Waals surface area contributed by atoms with Gasteiger partial charge in [-0.15, -0.1) is 0 Å². The molecule has 2 heterocycles. The molecule has 6 atom stereocenters. The highest BCUT2D eigenvalue weighted by atomic mass is 32.2. The van der Waals surface area contributed by atoms with Crippen LogP contribution in [0.1, 0.15) is 60.4 Å². The second kappa shape index (κ2) is 16.7. The van der Waals surface area contributed by atoms with E-state index in [-0.39, 0.29) is 36.4 Å². The van der Waals surface area contributed by atoms with Crippen LogP contribution in [0.5, 0.6) is 11.5 Å². The van der Waals surface area contributed by atoms with Crippen LogP contribution in [-0.4, -0.2) is 95.1 Å². The Morgan fingerprint density at radius 3 is 2.49 bits per heavy atom. The number of carbonyl (C=O) groups is 2. The summed E-state index contributed by atoms with van der Waals surface area (Å²) in [7, 11) is -2.34. The van der Waals surface area contributed by atoms with E-state index in [1.54, 1.807) is 69.3 Å². The van der Waals surface area contributed by atoms with Gasteiger partial charge >= 0.3 is 11.9 Å². The van der Waals surface area contributed by atoms with Gasteiger partial charge in [-0.05, 0) is 57.0 Å². The lowest BCUT2D eigenvalue weighted by Gasteiger charge is -2.26. The molecule has 0 saturated carbocycles. The van der Waals surface area contributed by atoms with Crippen LogP contribution in [0.25, 0.3) is 6.08 Å². The second-order valence-electron chi connectivity index (χ2n) is 12.3. The fourth-order valence-corrected chi connectivity index (χ4v) is 5.54. The van der Waals surface area contributed by atoms with Crippen LogP contribution in [0.15, 0.2) is 60.7 Å². The zero-order chi connectivity index (χ0) is 35.8. The first-order valence-electron chi connectivity index (χ1n) is 15.8. The van der Waals surface area contributed by atoms with Crippen molar-refractivity contribution in [3.63, 3.8) is 0 Å². The monoisotopic (exact) mass is 704 g/mol. The van der Waals surface area contributed by atoms with E-state index in [0.29, 0.717) is 17.5 Å². The number of hydrogen-bond donors (Lipinski definition) is 1. The minimum Gasteiger partial charge on any atom is -0.491 e. The predicted molar refractivity (Wildman–Crippen MR) is 178 cm³/mol. The van der Waals surface area contributed by atoms with E-state index >= 15 is 0 Å². The molecular formula is C35H44O13S. The number of esters is 2. The molecule has 2 aromatic carbocycles. The molecular weight excluding hydrogens is 660 g/mol. The van der Waals surface area contributed by atoms with Gasteiger partial charge in [0, 0.05) is 19.1 Å². The van der Waals surface area contributed by atoms with Crippen molar-refractivity contribution in [1.82, 2.24) is 0 Å². The molecule has 0 aliphatic carbocycles. The molecule has 1 fully saturated rings. The molecule has 49 heavy (non-hydrogen) atoms. The first kappa shape index (κ1) is 38.0. The normalized spacial score (nSPS) is 25.9. The largest absolute Gasteiger partial charge is 0.491 e. The molecule has 4 rings (SSSR count).